The summed E-state index contributed by atoms with van der Waals surface area (Å²) in [6.45, 7) is -0.00734. The van der Waals surface area contributed by atoms with Gasteiger partial charge in [-0.1, -0.05) is 41.4 Å². The molecule has 0 saturated carbocycles. The van der Waals surface area contributed by atoms with Gasteiger partial charge in [0.1, 0.15) is 5.82 Å². The molecule has 3 aromatic rings. The molecule has 0 bridgehead atoms. The summed E-state index contributed by atoms with van der Waals surface area (Å²) in [5, 5.41) is 8.06. The van der Waals surface area contributed by atoms with Gasteiger partial charge in [0.05, 0.1) is 16.3 Å². The molecule has 3 rings (SSSR count). The lowest BCUT2D eigenvalue weighted by atomic mass is 9.94. The number of nitrogens with zero attached hydrogens (tertiary/aromatic N) is 2. The van der Waals surface area contributed by atoms with E-state index < -0.39 is 24.5 Å². The molecule has 0 N–H and O–H groups in total. The first-order valence-electron chi connectivity index (χ1n) is 7.94. The molecule has 2 aromatic carbocycles. The van der Waals surface area contributed by atoms with Crippen molar-refractivity contribution in [1.82, 2.24) is 10.2 Å². The number of aromatic nitrogens is 2. The van der Waals surface area contributed by atoms with E-state index in [-0.39, 0.29) is 16.1 Å². The Morgan fingerprint density at radius 1 is 0.929 bits per heavy atom. The Bertz CT molecular complexity index is 988. The SMILES string of the molecule is Cc1nnc(OCC(F)(F)F)c(-c2c(F)cccc2Cl)c1-c1ccc(Cl)cc1. The smallest absolute Gasteiger partial charge is 0.422 e. The third kappa shape index (κ3) is 4.36. The normalized spacial score (nSPS) is 11.5. The molecule has 0 aliphatic rings. The van der Waals surface area contributed by atoms with Gasteiger partial charge in [0.2, 0.25) is 5.88 Å². The summed E-state index contributed by atoms with van der Waals surface area (Å²) >= 11 is 12.1. The summed E-state index contributed by atoms with van der Waals surface area (Å²) in [7, 11) is 0. The Kier molecular flexibility index (Phi) is 5.76. The molecule has 0 fully saturated rings. The zero-order valence-corrected chi connectivity index (χ0v) is 15.8. The first-order chi connectivity index (χ1) is 13.2. The lowest BCUT2D eigenvalue weighted by molar-refractivity contribution is -0.154. The lowest BCUT2D eigenvalue weighted by Crippen LogP contribution is -2.20. The maximum atomic E-state index is 14.7. The van der Waals surface area contributed by atoms with Crippen molar-refractivity contribution in [2.45, 2.75) is 13.1 Å². The molecule has 1 aromatic heterocycles. The van der Waals surface area contributed by atoms with E-state index in [1.165, 1.54) is 12.1 Å². The van der Waals surface area contributed by atoms with Crippen LogP contribution in [0.25, 0.3) is 22.3 Å². The van der Waals surface area contributed by atoms with Gasteiger partial charge in [-0.3, -0.25) is 0 Å². The second kappa shape index (κ2) is 7.93. The van der Waals surface area contributed by atoms with Crippen LogP contribution >= 0.6 is 23.2 Å². The molecule has 3 nitrogen and oxygen atoms in total. The van der Waals surface area contributed by atoms with Crippen LogP contribution in [0.4, 0.5) is 17.6 Å². The zero-order chi connectivity index (χ0) is 20.5. The van der Waals surface area contributed by atoms with Crippen LogP contribution < -0.4 is 4.74 Å². The van der Waals surface area contributed by atoms with Crippen molar-refractivity contribution in [1.29, 1.82) is 0 Å². The highest BCUT2D eigenvalue weighted by atomic mass is 35.5. The minimum atomic E-state index is -4.61. The monoisotopic (exact) mass is 430 g/mol. The van der Waals surface area contributed by atoms with Crippen LogP contribution in [0.3, 0.4) is 0 Å². The molecular formula is C19H12Cl2F4N2O. The standard InChI is InChI=1S/C19H12Cl2F4N2O/c1-10-15(11-5-7-12(20)8-6-11)17(16-13(21)3-2-4-14(16)22)18(27-26-10)28-9-19(23,24)25/h2-8H,9H2,1H3. The number of rotatable bonds is 4. The Balaban J connectivity index is 2.30. The molecule has 1 heterocycles. The summed E-state index contributed by atoms with van der Waals surface area (Å²) in [5.74, 6) is -1.20. The predicted molar refractivity (Wildman–Crippen MR) is 99.2 cm³/mol. The average molecular weight is 431 g/mol. The highest BCUT2D eigenvalue weighted by Crippen LogP contribution is 2.43. The highest BCUT2D eigenvalue weighted by molar-refractivity contribution is 6.33. The third-order valence-corrected chi connectivity index (χ3v) is 4.40. The van der Waals surface area contributed by atoms with Gasteiger partial charge >= 0.3 is 6.18 Å². The lowest BCUT2D eigenvalue weighted by Gasteiger charge is -2.18. The van der Waals surface area contributed by atoms with Gasteiger partial charge in [0, 0.05) is 16.1 Å². The van der Waals surface area contributed by atoms with Gasteiger partial charge in [0.25, 0.3) is 0 Å². The van der Waals surface area contributed by atoms with Crippen LogP contribution in [0.15, 0.2) is 42.5 Å². The van der Waals surface area contributed by atoms with Gasteiger partial charge in [-0.25, -0.2) is 4.39 Å². The number of halogens is 6. The van der Waals surface area contributed by atoms with Crippen LogP contribution in [0, 0.1) is 12.7 Å². The first kappa shape index (κ1) is 20.4. The van der Waals surface area contributed by atoms with Gasteiger partial charge in [-0.15, -0.1) is 5.10 Å². The summed E-state index contributed by atoms with van der Waals surface area (Å²) in [6, 6.07) is 10.4. The molecule has 0 aliphatic carbocycles. The second-order valence-corrected chi connectivity index (χ2v) is 6.69. The minimum absolute atomic E-state index is 0.000489. The van der Waals surface area contributed by atoms with Gasteiger partial charge < -0.3 is 4.74 Å². The van der Waals surface area contributed by atoms with Crippen LogP contribution in [0.2, 0.25) is 10.0 Å². The number of ether oxygens (including phenoxy) is 1. The Labute approximate surface area is 167 Å². The minimum Gasteiger partial charge on any atom is -0.466 e. The Morgan fingerprint density at radius 3 is 2.21 bits per heavy atom. The van der Waals surface area contributed by atoms with Crippen LogP contribution in [-0.4, -0.2) is 23.0 Å². The summed E-state index contributed by atoms with van der Waals surface area (Å²) in [6.07, 6.45) is -4.61. The van der Waals surface area contributed by atoms with E-state index in [9.17, 15) is 17.6 Å². The van der Waals surface area contributed by atoms with Gasteiger partial charge in [-0.05, 0) is 36.8 Å². The molecule has 0 saturated heterocycles. The van der Waals surface area contributed by atoms with Crippen molar-refractivity contribution in [3.8, 4) is 28.1 Å². The van der Waals surface area contributed by atoms with E-state index in [2.05, 4.69) is 10.2 Å². The zero-order valence-electron chi connectivity index (χ0n) is 14.3. The first-order valence-corrected chi connectivity index (χ1v) is 8.70. The van der Waals surface area contributed by atoms with E-state index in [4.69, 9.17) is 27.9 Å². The largest absolute Gasteiger partial charge is 0.466 e. The van der Waals surface area contributed by atoms with E-state index in [1.807, 2.05) is 0 Å². The molecule has 0 amide bonds. The fraction of sp³-hybridized carbons (Fsp3) is 0.158. The molecule has 0 atom stereocenters. The quantitative estimate of drug-likeness (QED) is 0.442. The van der Waals surface area contributed by atoms with Crippen molar-refractivity contribution in [3.63, 3.8) is 0 Å². The fourth-order valence-electron chi connectivity index (χ4n) is 2.70. The third-order valence-electron chi connectivity index (χ3n) is 3.83. The second-order valence-electron chi connectivity index (χ2n) is 5.85. The van der Waals surface area contributed by atoms with Crippen LogP contribution in [0.1, 0.15) is 5.69 Å². The van der Waals surface area contributed by atoms with Gasteiger partial charge in [-0.2, -0.15) is 18.3 Å². The molecule has 0 aliphatic heterocycles. The molecule has 28 heavy (non-hydrogen) atoms. The highest BCUT2D eigenvalue weighted by Gasteiger charge is 2.31. The summed E-state index contributed by atoms with van der Waals surface area (Å²) in [5.41, 5.74) is 1.11. The molecule has 0 unspecified atom stereocenters. The van der Waals surface area contributed by atoms with Crippen LogP contribution in [-0.2, 0) is 0 Å². The number of hydrogen-bond acceptors (Lipinski definition) is 3. The van der Waals surface area contributed by atoms with Crippen molar-refractivity contribution in [2.24, 2.45) is 0 Å². The molecule has 146 valence electrons. The Hall–Kier alpha value is -2.38. The van der Waals surface area contributed by atoms with Crippen molar-refractivity contribution >= 4 is 23.2 Å². The van der Waals surface area contributed by atoms with E-state index in [0.717, 1.165) is 6.07 Å². The number of alkyl halides is 3. The molecule has 9 heteroatoms. The molecular weight excluding hydrogens is 419 g/mol. The predicted octanol–water partition coefficient (Wildman–Crippen LogP) is 6.51. The average Bonchev–Trinajstić information content (AvgIpc) is 2.61. The molecule has 0 radical (unpaired) electrons. The van der Waals surface area contributed by atoms with E-state index in [1.54, 1.807) is 31.2 Å². The van der Waals surface area contributed by atoms with Gasteiger partial charge in [0.15, 0.2) is 6.61 Å². The van der Waals surface area contributed by atoms with Crippen LogP contribution in [0.5, 0.6) is 5.88 Å². The summed E-state index contributed by atoms with van der Waals surface area (Å²) < 4.78 is 57.6. The molecule has 0 spiro atoms. The van der Waals surface area contributed by atoms with Crippen molar-refractivity contribution < 1.29 is 22.3 Å². The summed E-state index contributed by atoms with van der Waals surface area (Å²) in [4.78, 5) is 0. The Morgan fingerprint density at radius 2 is 1.61 bits per heavy atom. The number of benzene rings is 2. The number of aryl methyl sites for hydroxylation is 1. The topological polar surface area (TPSA) is 35.0 Å². The maximum Gasteiger partial charge on any atom is 0.422 e. The fourth-order valence-corrected chi connectivity index (χ4v) is 3.08. The van der Waals surface area contributed by atoms with E-state index >= 15 is 0 Å². The van der Waals surface area contributed by atoms with Crippen molar-refractivity contribution in [2.75, 3.05) is 6.61 Å². The number of hydrogen-bond donors (Lipinski definition) is 0. The van der Waals surface area contributed by atoms with E-state index in [0.29, 0.717) is 21.8 Å². The van der Waals surface area contributed by atoms with Crippen molar-refractivity contribution in [3.05, 3.63) is 64.0 Å². The maximum absolute atomic E-state index is 14.7.